The van der Waals surface area contributed by atoms with E-state index in [1.165, 1.54) is 12.8 Å². The Morgan fingerprint density at radius 2 is 2.40 bits per heavy atom. The van der Waals surface area contributed by atoms with Crippen LogP contribution >= 0.6 is 0 Å². The summed E-state index contributed by atoms with van der Waals surface area (Å²) in [5, 5.41) is 15.0. The highest BCUT2D eigenvalue weighted by molar-refractivity contribution is 5.34. The van der Waals surface area contributed by atoms with Crippen molar-refractivity contribution < 1.29 is 0 Å². The number of aryl methyl sites for hydroxylation is 1. The Balaban J connectivity index is 1.91. The molecule has 1 unspecified atom stereocenters. The fraction of sp³-hybridized carbons (Fsp3) is 0.636. The molecule has 0 saturated carbocycles. The monoisotopic (exact) mass is 206 g/mol. The van der Waals surface area contributed by atoms with Gasteiger partial charge in [0.15, 0.2) is 0 Å². The molecule has 1 fully saturated rings. The molecule has 1 aliphatic heterocycles. The first-order valence-corrected chi connectivity index (χ1v) is 5.68. The van der Waals surface area contributed by atoms with Crippen molar-refractivity contribution in [2.45, 2.75) is 32.2 Å². The van der Waals surface area contributed by atoms with Crippen molar-refractivity contribution in [2.75, 3.05) is 18.4 Å². The minimum Gasteiger partial charge on any atom is -0.365 e. The molecule has 1 aromatic rings. The van der Waals surface area contributed by atoms with Crippen molar-refractivity contribution in [1.82, 2.24) is 15.5 Å². The summed E-state index contributed by atoms with van der Waals surface area (Å²) in [7, 11) is 0. The smallest absolute Gasteiger partial charge is 0.148 e. The van der Waals surface area contributed by atoms with Crippen LogP contribution in [0.1, 0.15) is 25.5 Å². The van der Waals surface area contributed by atoms with Gasteiger partial charge in [-0.1, -0.05) is 6.92 Å². The van der Waals surface area contributed by atoms with Gasteiger partial charge in [-0.05, 0) is 37.9 Å². The summed E-state index contributed by atoms with van der Waals surface area (Å²) >= 11 is 0. The molecular formula is C11H18N4. The summed E-state index contributed by atoms with van der Waals surface area (Å²) in [4.78, 5) is 0. The van der Waals surface area contributed by atoms with Gasteiger partial charge in [0.1, 0.15) is 5.82 Å². The predicted octanol–water partition coefficient (Wildman–Crippen LogP) is 1.20. The zero-order chi connectivity index (χ0) is 10.5. The van der Waals surface area contributed by atoms with E-state index in [1.54, 1.807) is 0 Å². The lowest BCUT2D eigenvalue weighted by atomic mass is 10.1. The number of hydrogen-bond donors (Lipinski definition) is 2. The molecule has 15 heavy (non-hydrogen) atoms. The first-order chi connectivity index (χ1) is 7.38. The van der Waals surface area contributed by atoms with Gasteiger partial charge in [0.05, 0.1) is 5.69 Å². The van der Waals surface area contributed by atoms with Gasteiger partial charge >= 0.3 is 0 Å². The predicted molar refractivity (Wildman–Crippen MR) is 60.9 cm³/mol. The maximum absolute atomic E-state index is 4.15. The van der Waals surface area contributed by atoms with Crippen LogP contribution in [0.2, 0.25) is 0 Å². The lowest BCUT2D eigenvalue weighted by Crippen LogP contribution is -2.38. The van der Waals surface area contributed by atoms with E-state index in [0.29, 0.717) is 6.04 Å². The second-order valence-corrected chi connectivity index (χ2v) is 3.95. The maximum Gasteiger partial charge on any atom is 0.148 e. The first kappa shape index (κ1) is 10.4. The van der Waals surface area contributed by atoms with Gasteiger partial charge in [0, 0.05) is 12.6 Å². The van der Waals surface area contributed by atoms with Crippen molar-refractivity contribution in [3.05, 3.63) is 17.8 Å². The molecular weight excluding hydrogens is 188 g/mol. The Morgan fingerprint density at radius 1 is 1.47 bits per heavy atom. The van der Waals surface area contributed by atoms with E-state index in [2.05, 4.69) is 27.8 Å². The molecule has 1 saturated heterocycles. The lowest BCUT2D eigenvalue weighted by molar-refractivity contribution is 0.478. The summed E-state index contributed by atoms with van der Waals surface area (Å²) in [6.45, 7) is 4.25. The molecule has 4 nitrogen and oxygen atoms in total. The number of nitrogens with one attached hydrogen (secondary N) is 2. The molecule has 0 radical (unpaired) electrons. The van der Waals surface area contributed by atoms with E-state index in [9.17, 15) is 0 Å². The molecule has 2 N–H and O–H groups in total. The third-order valence-corrected chi connectivity index (χ3v) is 2.73. The molecule has 2 rings (SSSR count). The maximum atomic E-state index is 4.15. The van der Waals surface area contributed by atoms with E-state index < -0.39 is 0 Å². The molecule has 0 spiro atoms. The number of rotatable bonds is 3. The van der Waals surface area contributed by atoms with Crippen molar-refractivity contribution >= 4 is 5.82 Å². The van der Waals surface area contributed by atoms with Crippen LogP contribution in [0.4, 0.5) is 5.82 Å². The largest absolute Gasteiger partial charge is 0.365 e. The van der Waals surface area contributed by atoms with Gasteiger partial charge in [-0.3, -0.25) is 0 Å². The average molecular weight is 206 g/mol. The standard InChI is InChI=1S/C11H18N4/c1-2-9-5-6-11(15-14-9)13-10-4-3-7-12-8-10/h5-6,10,12H,2-4,7-8H2,1H3,(H,13,15). The molecule has 82 valence electrons. The zero-order valence-electron chi connectivity index (χ0n) is 9.16. The molecule has 4 heteroatoms. The van der Waals surface area contributed by atoms with Crippen LogP contribution in [0.25, 0.3) is 0 Å². The molecule has 2 heterocycles. The molecule has 0 amide bonds. The zero-order valence-corrected chi connectivity index (χ0v) is 9.16. The van der Waals surface area contributed by atoms with Crippen LogP contribution < -0.4 is 10.6 Å². The van der Waals surface area contributed by atoms with E-state index in [1.807, 2.05) is 12.1 Å². The number of aromatic nitrogens is 2. The second kappa shape index (κ2) is 5.07. The van der Waals surface area contributed by atoms with Crippen LogP contribution in [0.5, 0.6) is 0 Å². The summed E-state index contributed by atoms with van der Waals surface area (Å²) in [6, 6.07) is 4.55. The molecule has 0 aliphatic carbocycles. The van der Waals surface area contributed by atoms with Crippen molar-refractivity contribution in [1.29, 1.82) is 0 Å². The molecule has 1 atom stereocenters. The SMILES string of the molecule is CCc1ccc(NC2CCCNC2)nn1. The fourth-order valence-electron chi connectivity index (χ4n) is 1.81. The highest BCUT2D eigenvalue weighted by Crippen LogP contribution is 2.09. The van der Waals surface area contributed by atoms with Gasteiger partial charge in [-0.2, -0.15) is 5.10 Å². The third kappa shape index (κ3) is 2.89. The molecule has 0 aromatic carbocycles. The number of nitrogens with zero attached hydrogens (tertiary/aromatic N) is 2. The van der Waals surface area contributed by atoms with Crippen molar-refractivity contribution in [3.8, 4) is 0 Å². The highest BCUT2D eigenvalue weighted by Gasteiger charge is 2.12. The normalized spacial score (nSPS) is 21.3. The summed E-state index contributed by atoms with van der Waals surface area (Å²) in [5.74, 6) is 0.890. The second-order valence-electron chi connectivity index (χ2n) is 3.95. The van der Waals surface area contributed by atoms with Crippen molar-refractivity contribution in [2.24, 2.45) is 0 Å². The quantitative estimate of drug-likeness (QED) is 0.780. The van der Waals surface area contributed by atoms with Gasteiger partial charge in [-0.15, -0.1) is 5.10 Å². The topological polar surface area (TPSA) is 49.8 Å². The van der Waals surface area contributed by atoms with Gasteiger partial charge in [0.25, 0.3) is 0 Å². The van der Waals surface area contributed by atoms with Gasteiger partial charge in [-0.25, -0.2) is 0 Å². The van der Waals surface area contributed by atoms with Crippen LogP contribution in [0, 0.1) is 0 Å². The molecule has 1 aromatic heterocycles. The number of piperidine rings is 1. The van der Waals surface area contributed by atoms with Crippen LogP contribution in [0.3, 0.4) is 0 Å². The first-order valence-electron chi connectivity index (χ1n) is 5.68. The average Bonchev–Trinajstić information content (AvgIpc) is 2.31. The Morgan fingerprint density at radius 3 is 3.00 bits per heavy atom. The third-order valence-electron chi connectivity index (χ3n) is 2.73. The van der Waals surface area contributed by atoms with Gasteiger partial charge < -0.3 is 10.6 Å². The minimum atomic E-state index is 0.500. The van der Waals surface area contributed by atoms with Gasteiger partial charge in [0.2, 0.25) is 0 Å². The van der Waals surface area contributed by atoms with Crippen molar-refractivity contribution in [3.63, 3.8) is 0 Å². The highest BCUT2D eigenvalue weighted by atomic mass is 15.2. The summed E-state index contributed by atoms with van der Waals surface area (Å²) < 4.78 is 0. The van der Waals surface area contributed by atoms with Crippen LogP contribution in [-0.4, -0.2) is 29.3 Å². The van der Waals surface area contributed by atoms with E-state index >= 15 is 0 Å². The number of anilines is 1. The number of hydrogen-bond acceptors (Lipinski definition) is 4. The molecule has 0 bridgehead atoms. The fourth-order valence-corrected chi connectivity index (χ4v) is 1.81. The Bertz CT molecular complexity index is 290. The summed E-state index contributed by atoms with van der Waals surface area (Å²) in [6.07, 6.45) is 3.39. The molecule has 1 aliphatic rings. The van der Waals surface area contributed by atoms with E-state index in [0.717, 1.165) is 31.0 Å². The van der Waals surface area contributed by atoms with E-state index in [-0.39, 0.29) is 0 Å². The Labute approximate surface area is 90.5 Å². The van der Waals surface area contributed by atoms with Crippen LogP contribution in [0.15, 0.2) is 12.1 Å². The summed E-state index contributed by atoms with van der Waals surface area (Å²) in [5.41, 5.74) is 1.04. The Kier molecular flexibility index (Phi) is 3.50. The van der Waals surface area contributed by atoms with Crippen LogP contribution in [-0.2, 0) is 6.42 Å². The minimum absolute atomic E-state index is 0.500. The lowest BCUT2D eigenvalue weighted by Gasteiger charge is -2.23. The van der Waals surface area contributed by atoms with E-state index in [4.69, 9.17) is 0 Å². The Hall–Kier alpha value is -1.16.